The number of amides is 2. The second-order valence-electron chi connectivity index (χ2n) is 4.14. The Hall–Kier alpha value is -1.63. The molecule has 1 aromatic heterocycles. The monoisotopic (exact) mass is 285 g/mol. The van der Waals surface area contributed by atoms with Crippen molar-refractivity contribution in [3.63, 3.8) is 0 Å². The number of carboxylic acid groups (broad SMARTS) is 1. The number of hydrogen-bond donors (Lipinski definition) is 3. The van der Waals surface area contributed by atoms with Crippen molar-refractivity contribution in [1.82, 2.24) is 15.6 Å². The Labute approximate surface area is 116 Å². The Morgan fingerprint density at radius 3 is 2.68 bits per heavy atom. The van der Waals surface area contributed by atoms with Crippen LogP contribution in [-0.4, -0.2) is 28.6 Å². The molecule has 1 rings (SSSR count). The third kappa shape index (κ3) is 8.15. The number of carbonyl (C=O) groups is 2. The molecule has 1 heterocycles. The molecule has 0 saturated carbocycles. The molecule has 0 aromatic carbocycles. The predicted molar refractivity (Wildman–Crippen MR) is 73.1 cm³/mol. The maximum Gasteiger partial charge on any atom is 0.315 e. The molecule has 1 aromatic rings. The number of carbonyl (C=O) groups excluding carboxylic acids is 1. The molecule has 106 valence electrons. The van der Waals surface area contributed by atoms with E-state index in [4.69, 9.17) is 5.11 Å². The van der Waals surface area contributed by atoms with Crippen molar-refractivity contribution in [2.75, 3.05) is 6.54 Å². The summed E-state index contributed by atoms with van der Waals surface area (Å²) < 4.78 is 0. The first kappa shape index (κ1) is 15.4. The van der Waals surface area contributed by atoms with Crippen LogP contribution in [0.5, 0.6) is 0 Å². The highest BCUT2D eigenvalue weighted by molar-refractivity contribution is 7.09. The Balaban J connectivity index is 1.91. The van der Waals surface area contributed by atoms with Crippen molar-refractivity contribution < 1.29 is 14.7 Å². The lowest BCUT2D eigenvalue weighted by molar-refractivity contribution is -0.137. The number of nitrogens with one attached hydrogen (secondary N) is 2. The van der Waals surface area contributed by atoms with Crippen molar-refractivity contribution >= 4 is 23.3 Å². The Morgan fingerprint density at radius 1 is 1.21 bits per heavy atom. The molecule has 0 aliphatic rings. The number of thiazole rings is 1. The molecule has 7 heteroatoms. The zero-order valence-corrected chi connectivity index (χ0v) is 11.5. The second kappa shape index (κ2) is 9.32. The number of urea groups is 1. The van der Waals surface area contributed by atoms with E-state index >= 15 is 0 Å². The molecule has 0 saturated heterocycles. The summed E-state index contributed by atoms with van der Waals surface area (Å²) >= 11 is 1.50. The molecular formula is C12H19N3O3S. The van der Waals surface area contributed by atoms with Gasteiger partial charge in [-0.25, -0.2) is 4.79 Å². The van der Waals surface area contributed by atoms with Crippen molar-refractivity contribution in [3.05, 3.63) is 16.6 Å². The third-order valence-corrected chi connectivity index (χ3v) is 3.29. The Kier molecular flexibility index (Phi) is 7.57. The Bertz CT molecular complexity index is 382. The lowest BCUT2D eigenvalue weighted by Gasteiger charge is -2.06. The van der Waals surface area contributed by atoms with Crippen LogP contribution in [0.15, 0.2) is 11.7 Å². The summed E-state index contributed by atoms with van der Waals surface area (Å²) in [6, 6.07) is -0.182. The SMILES string of the molecule is O=C(O)CCCCCCNC(=O)NCc1cncs1. The molecular weight excluding hydrogens is 266 g/mol. The standard InChI is InChI=1S/C12H19N3O3S/c16-11(17)5-3-1-2-4-6-14-12(18)15-8-10-7-13-9-19-10/h7,9H,1-6,8H2,(H,16,17)(H2,14,15,18). The first-order valence-electron chi connectivity index (χ1n) is 6.29. The van der Waals surface area contributed by atoms with E-state index in [1.165, 1.54) is 11.3 Å². The zero-order valence-electron chi connectivity index (χ0n) is 10.7. The minimum Gasteiger partial charge on any atom is -0.481 e. The summed E-state index contributed by atoms with van der Waals surface area (Å²) in [5, 5.41) is 14.0. The van der Waals surface area contributed by atoms with Gasteiger partial charge in [-0.15, -0.1) is 11.3 Å². The maximum absolute atomic E-state index is 11.4. The molecule has 0 aliphatic carbocycles. The van der Waals surface area contributed by atoms with Crippen molar-refractivity contribution in [2.24, 2.45) is 0 Å². The number of hydrogen-bond acceptors (Lipinski definition) is 4. The van der Waals surface area contributed by atoms with Gasteiger partial charge in [0.25, 0.3) is 0 Å². The van der Waals surface area contributed by atoms with Gasteiger partial charge < -0.3 is 15.7 Å². The molecule has 0 unspecified atom stereocenters. The van der Waals surface area contributed by atoms with Gasteiger partial charge in [-0.2, -0.15) is 0 Å². The van der Waals surface area contributed by atoms with Crippen LogP contribution >= 0.6 is 11.3 Å². The van der Waals surface area contributed by atoms with E-state index in [1.807, 2.05) is 0 Å². The third-order valence-electron chi connectivity index (χ3n) is 2.51. The molecule has 0 fully saturated rings. The van der Waals surface area contributed by atoms with Crippen LogP contribution < -0.4 is 10.6 Å². The van der Waals surface area contributed by atoms with Crippen LogP contribution in [0.3, 0.4) is 0 Å². The highest BCUT2D eigenvalue weighted by Gasteiger charge is 2.01. The van der Waals surface area contributed by atoms with E-state index in [0.29, 0.717) is 19.5 Å². The van der Waals surface area contributed by atoms with Gasteiger partial charge in [0.1, 0.15) is 0 Å². The smallest absolute Gasteiger partial charge is 0.315 e. The van der Waals surface area contributed by atoms with Gasteiger partial charge in [-0.05, 0) is 12.8 Å². The molecule has 0 radical (unpaired) electrons. The Morgan fingerprint density at radius 2 is 2.00 bits per heavy atom. The fourth-order valence-electron chi connectivity index (χ4n) is 1.52. The molecule has 0 bridgehead atoms. The molecule has 3 N–H and O–H groups in total. The second-order valence-corrected chi connectivity index (χ2v) is 5.11. The number of aromatic nitrogens is 1. The van der Waals surface area contributed by atoms with Crippen LogP contribution in [-0.2, 0) is 11.3 Å². The predicted octanol–water partition coefficient (Wildman–Crippen LogP) is 1.98. The summed E-state index contributed by atoms with van der Waals surface area (Å²) in [5.41, 5.74) is 1.73. The number of unbranched alkanes of at least 4 members (excludes halogenated alkanes) is 3. The number of aliphatic carboxylic acids is 1. The topological polar surface area (TPSA) is 91.3 Å². The van der Waals surface area contributed by atoms with Gasteiger partial charge in [0.2, 0.25) is 0 Å². The zero-order chi connectivity index (χ0) is 13.9. The molecule has 0 aliphatic heterocycles. The average Bonchev–Trinajstić information content (AvgIpc) is 2.88. The maximum atomic E-state index is 11.4. The number of rotatable bonds is 9. The molecule has 0 spiro atoms. The van der Waals surface area contributed by atoms with Gasteiger partial charge in [0, 0.05) is 24.0 Å². The number of nitrogens with zero attached hydrogens (tertiary/aromatic N) is 1. The minimum atomic E-state index is -0.749. The fraction of sp³-hybridized carbons (Fsp3) is 0.583. The van der Waals surface area contributed by atoms with Crippen LogP contribution in [0, 0.1) is 0 Å². The van der Waals surface area contributed by atoms with Crippen LogP contribution in [0.4, 0.5) is 4.79 Å². The van der Waals surface area contributed by atoms with E-state index in [0.717, 1.165) is 24.1 Å². The largest absolute Gasteiger partial charge is 0.481 e. The van der Waals surface area contributed by atoms with Crippen LogP contribution in [0.2, 0.25) is 0 Å². The summed E-state index contributed by atoms with van der Waals surface area (Å²) in [4.78, 5) is 26.6. The van der Waals surface area contributed by atoms with Gasteiger partial charge >= 0.3 is 12.0 Å². The fourth-order valence-corrected chi connectivity index (χ4v) is 2.05. The summed E-state index contributed by atoms with van der Waals surface area (Å²) in [5.74, 6) is -0.749. The van der Waals surface area contributed by atoms with E-state index in [-0.39, 0.29) is 12.5 Å². The van der Waals surface area contributed by atoms with Gasteiger partial charge in [0.05, 0.1) is 12.1 Å². The molecule has 0 atom stereocenters. The summed E-state index contributed by atoms with van der Waals surface area (Å²) in [6.07, 6.45) is 5.34. The first-order valence-corrected chi connectivity index (χ1v) is 7.17. The molecule has 6 nitrogen and oxygen atoms in total. The van der Waals surface area contributed by atoms with Crippen LogP contribution in [0.1, 0.15) is 37.0 Å². The minimum absolute atomic E-state index is 0.182. The van der Waals surface area contributed by atoms with Crippen molar-refractivity contribution in [2.45, 2.75) is 38.6 Å². The summed E-state index contributed by atoms with van der Waals surface area (Å²) in [7, 11) is 0. The first-order chi connectivity index (χ1) is 9.18. The van der Waals surface area contributed by atoms with E-state index in [2.05, 4.69) is 15.6 Å². The van der Waals surface area contributed by atoms with E-state index in [1.54, 1.807) is 11.7 Å². The van der Waals surface area contributed by atoms with Crippen molar-refractivity contribution in [3.8, 4) is 0 Å². The molecule has 2 amide bonds. The molecule has 19 heavy (non-hydrogen) atoms. The normalized spacial score (nSPS) is 10.1. The van der Waals surface area contributed by atoms with E-state index in [9.17, 15) is 9.59 Å². The highest BCUT2D eigenvalue weighted by atomic mass is 32.1. The van der Waals surface area contributed by atoms with E-state index < -0.39 is 5.97 Å². The quantitative estimate of drug-likeness (QED) is 0.605. The van der Waals surface area contributed by atoms with Gasteiger partial charge in [-0.1, -0.05) is 12.8 Å². The van der Waals surface area contributed by atoms with Gasteiger partial charge in [-0.3, -0.25) is 9.78 Å². The lowest BCUT2D eigenvalue weighted by Crippen LogP contribution is -2.35. The highest BCUT2D eigenvalue weighted by Crippen LogP contribution is 2.04. The average molecular weight is 285 g/mol. The number of carboxylic acids is 1. The van der Waals surface area contributed by atoms with Crippen LogP contribution in [0.25, 0.3) is 0 Å². The lowest BCUT2D eigenvalue weighted by atomic mass is 10.1. The van der Waals surface area contributed by atoms with Crippen molar-refractivity contribution in [1.29, 1.82) is 0 Å². The van der Waals surface area contributed by atoms with Gasteiger partial charge in [0.15, 0.2) is 0 Å². The summed E-state index contributed by atoms with van der Waals surface area (Å²) in [6.45, 7) is 1.11.